The first kappa shape index (κ1) is 17.1. The van der Waals surface area contributed by atoms with Gasteiger partial charge in [-0.25, -0.2) is 0 Å². The van der Waals surface area contributed by atoms with Gasteiger partial charge in [-0.1, -0.05) is 13.8 Å². The summed E-state index contributed by atoms with van der Waals surface area (Å²) < 4.78 is 11.7. The summed E-state index contributed by atoms with van der Waals surface area (Å²) >= 11 is 0. The number of rotatable bonds is 9. The van der Waals surface area contributed by atoms with E-state index in [1.165, 1.54) is 0 Å². The molecule has 0 aromatic heterocycles. The second-order valence-corrected chi connectivity index (χ2v) is 7.71. The lowest BCUT2D eigenvalue weighted by molar-refractivity contribution is -0.0734. The predicted molar refractivity (Wildman–Crippen MR) is 74.8 cm³/mol. The van der Waals surface area contributed by atoms with Crippen LogP contribution in [0.4, 0.5) is 0 Å². The highest BCUT2D eigenvalue weighted by atomic mass is 28.3. The minimum atomic E-state index is -1.62. The normalized spacial score (nSPS) is 17.8. The van der Waals surface area contributed by atoms with Crippen molar-refractivity contribution in [1.29, 1.82) is 0 Å². The Kier molecular flexibility index (Phi) is 7.56. The van der Waals surface area contributed by atoms with E-state index >= 15 is 0 Å². The summed E-state index contributed by atoms with van der Waals surface area (Å²) in [6, 6.07) is 0. The van der Waals surface area contributed by atoms with Crippen molar-refractivity contribution >= 4 is 9.04 Å². The van der Waals surface area contributed by atoms with Crippen molar-refractivity contribution in [3.63, 3.8) is 0 Å². The quantitative estimate of drug-likeness (QED) is 0.649. The molecule has 2 atom stereocenters. The van der Waals surface area contributed by atoms with Gasteiger partial charge in [-0.3, -0.25) is 0 Å². The summed E-state index contributed by atoms with van der Waals surface area (Å²) in [6.07, 6.45) is 3.37. The molecule has 17 heavy (non-hydrogen) atoms. The first-order chi connectivity index (χ1) is 7.74. The average Bonchev–Trinajstić information content (AvgIpc) is 2.26. The van der Waals surface area contributed by atoms with Crippen molar-refractivity contribution in [2.24, 2.45) is 0 Å². The van der Waals surface area contributed by atoms with E-state index in [2.05, 4.69) is 34.6 Å². The van der Waals surface area contributed by atoms with Gasteiger partial charge >= 0.3 is 0 Å². The molecule has 0 spiro atoms. The topological polar surface area (TPSA) is 38.7 Å². The Morgan fingerprint density at radius 3 is 2.06 bits per heavy atom. The zero-order valence-electron chi connectivity index (χ0n) is 12.4. The van der Waals surface area contributed by atoms with Crippen molar-refractivity contribution in [3.05, 3.63) is 0 Å². The van der Waals surface area contributed by atoms with Crippen LogP contribution in [0.15, 0.2) is 0 Å². The second-order valence-electron chi connectivity index (χ2n) is 5.68. The monoisotopic (exact) mass is 262 g/mol. The highest BCUT2D eigenvalue weighted by molar-refractivity contribution is 6.48. The van der Waals surface area contributed by atoms with Gasteiger partial charge in [0, 0.05) is 0 Å². The minimum Gasteiger partial charge on any atom is -0.433 e. The Morgan fingerprint density at radius 2 is 1.65 bits per heavy atom. The fourth-order valence-corrected chi connectivity index (χ4v) is 1.96. The van der Waals surface area contributed by atoms with Crippen LogP contribution in [0, 0.1) is 0 Å². The minimum absolute atomic E-state index is 0.0479. The van der Waals surface area contributed by atoms with E-state index in [1.807, 2.05) is 6.55 Å². The lowest BCUT2D eigenvalue weighted by atomic mass is 9.99. The van der Waals surface area contributed by atoms with Gasteiger partial charge in [0.25, 0.3) is 0 Å². The average molecular weight is 262 g/mol. The van der Waals surface area contributed by atoms with Crippen LogP contribution in [0.3, 0.4) is 0 Å². The van der Waals surface area contributed by atoms with Crippen LogP contribution < -0.4 is 0 Å². The molecule has 0 bridgehead atoms. The third-order valence-corrected chi connectivity index (χ3v) is 4.05. The molecular weight excluding hydrogens is 232 g/mol. The van der Waals surface area contributed by atoms with Crippen molar-refractivity contribution in [2.45, 2.75) is 71.6 Å². The Morgan fingerprint density at radius 1 is 1.06 bits per heavy atom. The van der Waals surface area contributed by atoms with E-state index < -0.39 is 9.04 Å². The van der Waals surface area contributed by atoms with Gasteiger partial charge in [0.05, 0.1) is 24.0 Å². The Labute approximate surface area is 108 Å². The molecule has 0 aromatic rings. The SMILES string of the molecule is CCC(C)(C)OCCC(C)(CC)OC[SiH](C)O. The zero-order chi connectivity index (χ0) is 13.5. The van der Waals surface area contributed by atoms with E-state index in [0.29, 0.717) is 12.8 Å². The molecule has 0 aromatic carbocycles. The summed E-state index contributed by atoms with van der Waals surface area (Å²) in [7, 11) is -1.62. The maximum atomic E-state index is 9.39. The molecule has 3 nitrogen and oxygen atoms in total. The summed E-state index contributed by atoms with van der Waals surface area (Å²) in [4.78, 5) is 9.39. The van der Waals surface area contributed by atoms with Crippen molar-refractivity contribution in [3.8, 4) is 0 Å². The molecule has 1 N–H and O–H groups in total. The molecule has 0 saturated heterocycles. The van der Waals surface area contributed by atoms with Crippen LogP contribution in [0.5, 0.6) is 0 Å². The van der Waals surface area contributed by atoms with Crippen LogP contribution >= 0.6 is 0 Å². The lowest BCUT2D eigenvalue weighted by Gasteiger charge is -2.31. The first-order valence-corrected chi connectivity index (χ1v) is 9.19. The fourth-order valence-electron chi connectivity index (χ4n) is 1.32. The molecular formula is C13H30O3Si. The van der Waals surface area contributed by atoms with Crippen LogP contribution in [0.2, 0.25) is 6.55 Å². The van der Waals surface area contributed by atoms with E-state index in [0.717, 1.165) is 19.3 Å². The molecule has 0 fully saturated rings. The van der Waals surface area contributed by atoms with E-state index in [1.54, 1.807) is 0 Å². The summed E-state index contributed by atoms with van der Waals surface area (Å²) in [6.45, 7) is 13.2. The van der Waals surface area contributed by atoms with Crippen LogP contribution in [0.1, 0.15) is 53.9 Å². The van der Waals surface area contributed by atoms with Gasteiger partial charge in [0.15, 0.2) is 9.04 Å². The molecule has 0 aliphatic rings. The van der Waals surface area contributed by atoms with Gasteiger partial charge in [-0.2, -0.15) is 0 Å². The van der Waals surface area contributed by atoms with Gasteiger partial charge in [0.1, 0.15) is 0 Å². The van der Waals surface area contributed by atoms with E-state index in [4.69, 9.17) is 9.47 Å². The summed E-state index contributed by atoms with van der Waals surface area (Å²) in [5.74, 6) is 0. The molecule has 4 heteroatoms. The van der Waals surface area contributed by atoms with Crippen molar-refractivity contribution in [1.82, 2.24) is 0 Å². The third-order valence-electron chi connectivity index (χ3n) is 3.40. The molecule has 2 unspecified atom stereocenters. The van der Waals surface area contributed by atoms with Crippen molar-refractivity contribution < 1.29 is 14.3 Å². The maximum Gasteiger partial charge on any atom is 0.194 e. The lowest BCUT2D eigenvalue weighted by Crippen LogP contribution is -2.35. The molecule has 104 valence electrons. The summed E-state index contributed by atoms with van der Waals surface area (Å²) in [5.41, 5.74) is -0.207. The van der Waals surface area contributed by atoms with Crippen molar-refractivity contribution in [2.75, 3.05) is 12.8 Å². The molecule has 0 saturated carbocycles. The molecule has 0 aliphatic carbocycles. The first-order valence-electron chi connectivity index (χ1n) is 6.70. The predicted octanol–water partition coefficient (Wildman–Crippen LogP) is 2.65. The van der Waals surface area contributed by atoms with Crippen LogP contribution in [-0.2, 0) is 9.47 Å². The maximum absolute atomic E-state index is 9.39. The Balaban J connectivity index is 4.03. The number of ether oxygens (including phenoxy) is 2. The Bertz CT molecular complexity index is 207. The van der Waals surface area contributed by atoms with Gasteiger partial charge in [-0.05, 0) is 46.6 Å². The molecule has 0 amide bonds. The largest absolute Gasteiger partial charge is 0.433 e. The molecule has 0 aliphatic heterocycles. The van der Waals surface area contributed by atoms with Gasteiger partial charge < -0.3 is 14.3 Å². The third kappa shape index (κ3) is 7.92. The highest BCUT2D eigenvalue weighted by Gasteiger charge is 2.25. The van der Waals surface area contributed by atoms with Crippen LogP contribution in [-0.4, -0.2) is 37.9 Å². The van der Waals surface area contributed by atoms with E-state index in [-0.39, 0.29) is 11.2 Å². The van der Waals surface area contributed by atoms with Gasteiger partial charge in [0.2, 0.25) is 0 Å². The Hall–Kier alpha value is 0.0969. The highest BCUT2D eigenvalue weighted by Crippen LogP contribution is 2.22. The molecule has 0 rings (SSSR count). The smallest absolute Gasteiger partial charge is 0.194 e. The fraction of sp³-hybridized carbons (Fsp3) is 1.00. The second kappa shape index (κ2) is 7.51. The molecule has 0 heterocycles. The number of hydrogen-bond donors (Lipinski definition) is 1. The summed E-state index contributed by atoms with van der Waals surface area (Å²) in [5, 5.41) is 0. The van der Waals surface area contributed by atoms with E-state index in [9.17, 15) is 4.80 Å². The number of hydrogen-bond acceptors (Lipinski definition) is 3. The van der Waals surface area contributed by atoms with Gasteiger partial charge in [-0.15, -0.1) is 0 Å². The molecule has 0 radical (unpaired) electrons. The standard InChI is InChI=1S/C13H30O3Si/c1-7-12(3,4)15-10-9-13(5,8-2)16-11-17(6)14/h14,17H,7-11H2,1-6H3. The zero-order valence-corrected chi connectivity index (χ0v) is 13.5. The van der Waals surface area contributed by atoms with Crippen LogP contribution in [0.25, 0.3) is 0 Å².